The average molecular weight is 272 g/mol. The van der Waals surface area contributed by atoms with Gasteiger partial charge in [0, 0.05) is 11.4 Å². The number of amides is 1. The van der Waals surface area contributed by atoms with Crippen LogP contribution < -0.4 is 10.1 Å². The first-order chi connectivity index (χ1) is 8.43. The fourth-order valence-corrected chi connectivity index (χ4v) is 1.94. The molecule has 2 atom stereocenters. The van der Waals surface area contributed by atoms with Crippen LogP contribution in [0.2, 0.25) is 0 Å². The Hall–Kier alpha value is -1.42. The van der Waals surface area contributed by atoms with Gasteiger partial charge in [-0.1, -0.05) is 0 Å². The van der Waals surface area contributed by atoms with Crippen molar-refractivity contribution in [1.29, 1.82) is 0 Å². The molecule has 1 rings (SSSR count). The maximum Gasteiger partial charge on any atom is 0.255 e. The number of phenolic OH excluding ortho intramolecular Hbond substituents is 1. The summed E-state index contributed by atoms with van der Waals surface area (Å²) in [7, 11) is 1.51. The van der Waals surface area contributed by atoms with E-state index in [1.165, 1.54) is 19.2 Å². The number of halogens is 1. The first-order valence-corrected chi connectivity index (χ1v) is 6.19. The highest BCUT2D eigenvalue weighted by Gasteiger charge is 2.15. The number of rotatable bonds is 5. The minimum atomic E-state index is -0.337. The number of aromatic hydroxyl groups is 1. The van der Waals surface area contributed by atoms with E-state index in [0.29, 0.717) is 12.2 Å². The van der Waals surface area contributed by atoms with Crippen molar-refractivity contribution < 1.29 is 14.6 Å². The lowest BCUT2D eigenvalue weighted by molar-refractivity contribution is 0.0935. The van der Waals surface area contributed by atoms with Crippen molar-refractivity contribution in [3.05, 3.63) is 23.8 Å². The van der Waals surface area contributed by atoms with E-state index in [1.807, 2.05) is 13.8 Å². The van der Waals surface area contributed by atoms with Gasteiger partial charge in [0.05, 0.1) is 12.7 Å². The number of hydrogen-bond acceptors (Lipinski definition) is 3. The first kappa shape index (κ1) is 14.6. The molecule has 0 bridgehead atoms. The molecule has 0 spiro atoms. The zero-order valence-electron chi connectivity index (χ0n) is 10.7. The van der Waals surface area contributed by atoms with Gasteiger partial charge in [-0.25, -0.2) is 0 Å². The zero-order valence-corrected chi connectivity index (χ0v) is 11.5. The van der Waals surface area contributed by atoms with Crippen molar-refractivity contribution in [3.8, 4) is 11.5 Å². The predicted molar refractivity (Wildman–Crippen MR) is 71.5 cm³/mol. The standard InChI is InChI=1S/C13H18ClNO3/c1-8(14)6-9(2)15-13(17)11-7-10(18-3)4-5-12(11)16/h4-5,7-9,16H,6H2,1-3H3,(H,15,17). The molecule has 0 aliphatic rings. The Morgan fingerprint density at radius 1 is 1.50 bits per heavy atom. The lowest BCUT2D eigenvalue weighted by atomic mass is 10.1. The number of methoxy groups -OCH3 is 1. The van der Waals surface area contributed by atoms with Crippen molar-refractivity contribution in [1.82, 2.24) is 5.32 Å². The van der Waals surface area contributed by atoms with Crippen molar-refractivity contribution in [2.24, 2.45) is 0 Å². The summed E-state index contributed by atoms with van der Waals surface area (Å²) in [6.45, 7) is 3.74. The molecule has 5 heteroatoms. The number of carbonyl (C=O) groups excluding carboxylic acids is 1. The zero-order chi connectivity index (χ0) is 13.7. The molecule has 2 N–H and O–H groups in total. The molecule has 18 heavy (non-hydrogen) atoms. The van der Waals surface area contributed by atoms with Gasteiger partial charge in [0.25, 0.3) is 5.91 Å². The van der Waals surface area contributed by atoms with Crippen LogP contribution in [0.1, 0.15) is 30.6 Å². The maximum atomic E-state index is 12.0. The smallest absolute Gasteiger partial charge is 0.255 e. The van der Waals surface area contributed by atoms with Crippen LogP contribution in [0, 0.1) is 0 Å². The molecular weight excluding hydrogens is 254 g/mol. The predicted octanol–water partition coefficient (Wildman–Crippen LogP) is 2.54. The van der Waals surface area contributed by atoms with Crippen molar-refractivity contribution in [3.63, 3.8) is 0 Å². The van der Waals surface area contributed by atoms with Gasteiger partial charge in [0.2, 0.25) is 0 Å². The monoisotopic (exact) mass is 271 g/mol. The van der Waals surface area contributed by atoms with E-state index in [4.69, 9.17) is 16.3 Å². The molecule has 1 amide bonds. The van der Waals surface area contributed by atoms with Crippen LogP contribution in [-0.2, 0) is 0 Å². The fourth-order valence-electron chi connectivity index (χ4n) is 1.67. The van der Waals surface area contributed by atoms with E-state index in [9.17, 15) is 9.90 Å². The van der Waals surface area contributed by atoms with Crippen molar-refractivity contribution in [2.45, 2.75) is 31.7 Å². The third-order valence-corrected chi connectivity index (χ3v) is 2.68. The Kier molecular flexibility index (Phi) is 5.28. The summed E-state index contributed by atoms with van der Waals surface area (Å²) < 4.78 is 5.02. The second-order valence-corrected chi connectivity index (χ2v) is 5.02. The number of alkyl halides is 1. The topological polar surface area (TPSA) is 58.6 Å². The van der Waals surface area contributed by atoms with Crippen molar-refractivity contribution >= 4 is 17.5 Å². The summed E-state index contributed by atoms with van der Waals surface area (Å²) in [5.41, 5.74) is 0.198. The summed E-state index contributed by atoms with van der Waals surface area (Å²) in [6.07, 6.45) is 0.665. The molecule has 1 aromatic rings. The molecule has 4 nitrogen and oxygen atoms in total. The lowest BCUT2D eigenvalue weighted by Crippen LogP contribution is -2.33. The number of nitrogens with one attached hydrogen (secondary N) is 1. The number of carbonyl (C=O) groups is 1. The molecule has 1 aromatic carbocycles. The summed E-state index contributed by atoms with van der Waals surface area (Å²) in [5.74, 6) is 0.118. The van der Waals surface area contributed by atoms with Gasteiger partial charge in [-0.2, -0.15) is 0 Å². The van der Waals surface area contributed by atoms with Gasteiger partial charge < -0.3 is 15.2 Å². The van der Waals surface area contributed by atoms with Crippen LogP contribution in [-0.4, -0.2) is 29.5 Å². The molecule has 100 valence electrons. The third-order valence-electron chi connectivity index (χ3n) is 2.50. The number of phenols is 1. The molecule has 0 aliphatic carbocycles. The van der Waals surface area contributed by atoms with E-state index in [1.54, 1.807) is 6.07 Å². The summed E-state index contributed by atoms with van der Waals surface area (Å²) >= 11 is 5.86. The second-order valence-electron chi connectivity index (χ2n) is 4.27. The average Bonchev–Trinajstić information content (AvgIpc) is 2.28. The maximum absolute atomic E-state index is 12.0. The highest BCUT2D eigenvalue weighted by Crippen LogP contribution is 2.22. The van der Waals surface area contributed by atoms with E-state index in [-0.39, 0.29) is 28.6 Å². The highest BCUT2D eigenvalue weighted by atomic mass is 35.5. The van der Waals surface area contributed by atoms with Crippen LogP contribution in [0.25, 0.3) is 0 Å². The minimum absolute atomic E-state index is 0.0146. The Bertz CT molecular complexity index is 421. The molecule has 0 aromatic heterocycles. The Morgan fingerprint density at radius 2 is 2.17 bits per heavy atom. The molecule has 0 fully saturated rings. The Morgan fingerprint density at radius 3 is 2.72 bits per heavy atom. The van der Waals surface area contributed by atoms with Gasteiger partial charge >= 0.3 is 0 Å². The molecule has 0 radical (unpaired) electrons. The number of hydrogen-bond donors (Lipinski definition) is 2. The molecule has 0 saturated carbocycles. The SMILES string of the molecule is COc1ccc(O)c(C(=O)NC(C)CC(C)Cl)c1. The quantitative estimate of drug-likeness (QED) is 0.809. The Labute approximate surface area is 112 Å². The third kappa shape index (κ3) is 4.11. The normalized spacial score (nSPS) is 13.8. The van der Waals surface area contributed by atoms with Crippen LogP contribution >= 0.6 is 11.6 Å². The largest absolute Gasteiger partial charge is 0.507 e. The minimum Gasteiger partial charge on any atom is -0.507 e. The van der Waals surface area contributed by atoms with Crippen molar-refractivity contribution in [2.75, 3.05) is 7.11 Å². The van der Waals surface area contributed by atoms with E-state index >= 15 is 0 Å². The van der Waals surface area contributed by atoms with Gasteiger partial charge in [-0.15, -0.1) is 11.6 Å². The molecule has 0 aliphatic heterocycles. The van der Waals surface area contributed by atoms with Gasteiger partial charge in [-0.3, -0.25) is 4.79 Å². The molecular formula is C13H18ClNO3. The lowest BCUT2D eigenvalue weighted by Gasteiger charge is -2.15. The molecule has 0 heterocycles. The van der Waals surface area contributed by atoms with Gasteiger partial charge in [-0.05, 0) is 38.5 Å². The fraction of sp³-hybridized carbons (Fsp3) is 0.462. The number of ether oxygens (including phenoxy) is 1. The van der Waals surface area contributed by atoms with E-state index in [0.717, 1.165) is 0 Å². The van der Waals surface area contributed by atoms with E-state index in [2.05, 4.69) is 5.32 Å². The van der Waals surface area contributed by atoms with Gasteiger partial charge in [0.1, 0.15) is 11.5 Å². The van der Waals surface area contributed by atoms with Crippen LogP contribution in [0.3, 0.4) is 0 Å². The molecule has 2 unspecified atom stereocenters. The van der Waals surface area contributed by atoms with Gasteiger partial charge in [0.15, 0.2) is 0 Å². The summed E-state index contributed by atoms with van der Waals surface area (Å²) in [4.78, 5) is 12.0. The summed E-state index contributed by atoms with van der Waals surface area (Å²) in [5, 5.41) is 12.4. The Balaban J connectivity index is 2.77. The first-order valence-electron chi connectivity index (χ1n) is 5.76. The highest BCUT2D eigenvalue weighted by molar-refractivity contribution is 6.20. The van der Waals surface area contributed by atoms with E-state index < -0.39 is 0 Å². The van der Waals surface area contributed by atoms with Crippen LogP contribution in [0.15, 0.2) is 18.2 Å². The van der Waals surface area contributed by atoms with Crippen LogP contribution in [0.4, 0.5) is 0 Å². The van der Waals surface area contributed by atoms with Crippen LogP contribution in [0.5, 0.6) is 11.5 Å². The number of benzene rings is 1. The second kappa shape index (κ2) is 6.50. The molecule has 0 saturated heterocycles. The summed E-state index contributed by atoms with van der Waals surface area (Å²) in [6, 6.07) is 4.47.